The molecular formula is C13H22N2O. The van der Waals surface area contributed by atoms with E-state index in [0.717, 1.165) is 19.3 Å². The third kappa shape index (κ3) is 1.87. The van der Waals surface area contributed by atoms with Crippen molar-refractivity contribution in [3.8, 4) is 0 Å². The Balaban J connectivity index is 1.42. The van der Waals surface area contributed by atoms with E-state index in [9.17, 15) is 0 Å². The van der Waals surface area contributed by atoms with E-state index in [1.54, 1.807) is 0 Å². The van der Waals surface area contributed by atoms with Gasteiger partial charge in [0.2, 0.25) is 0 Å². The Bertz CT molecular complexity index is 288. The van der Waals surface area contributed by atoms with Crippen molar-refractivity contribution in [2.45, 2.75) is 44.2 Å². The Morgan fingerprint density at radius 1 is 1.31 bits per heavy atom. The number of hydrogen-bond donors (Lipinski definition) is 2. The number of nitrogens with one attached hydrogen (secondary N) is 2. The van der Waals surface area contributed by atoms with E-state index < -0.39 is 0 Å². The number of hydrogen-bond acceptors (Lipinski definition) is 3. The van der Waals surface area contributed by atoms with E-state index in [4.69, 9.17) is 4.74 Å². The lowest BCUT2D eigenvalue weighted by Crippen LogP contribution is -2.60. The predicted molar refractivity (Wildman–Crippen MR) is 64.2 cm³/mol. The summed E-state index contributed by atoms with van der Waals surface area (Å²) in [6.45, 7) is 2.03. The highest BCUT2D eigenvalue weighted by Gasteiger charge is 2.49. The number of rotatable bonds is 3. The fourth-order valence-electron chi connectivity index (χ4n) is 3.28. The van der Waals surface area contributed by atoms with Crippen LogP contribution in [0.25, 0.3) is 0 Å². The second kappa shape index (κ2) is 4.04. The van der Waals surface area contributed by atoms with Crippen LogP contribution in [-0.4, -0.2) is 32.3 Å². The van der Waals surface area contributed by atoms with Gasteiger partial charge in [-0.15, -0.1) is 0 Å². The van der Waals surface area contributed by atoms with Crippen molar-refractivity contribution in [3.63, 3.8) is 0 Å². The number of allylic oxidation sites excluding steroid dienone is 1. The van der Waals surface area contributed by atoms with E-state index in [1.165, 1.54) is 37.8 Å². The molecule has 1 atom stereocenters. The second-order valence-corrected chi connectivity index (χ2v) is 5.72. The van der Waals surface area contributed by atoms with Crippen LogP contribution in [0.4, 0.5) is 0 Å². The third-order valence-electron chi connectivity index (χ3n) is 4.38. The molecule has 0 aromatic carbocycles. The molecule has 0 radical (unpaired) electrons. The Hall–Kier alpha value is -0.540. The minimum absolute atomic E-state index is 0.596. The standard InChI is InChI=1S/C13H22N2O/c1-14-10-2-4-11(5-3-10)15-12-6-13(7-12)8-16-9-13/h2,11-12,14-15H,3-9H2,1H3. The molecule has 1 spiro atoms. The highest BCUT2D eigenvalue weighted by Crippen LogP contribution is 2.47. The zero-order valence-corrected chi connectivity index (χ0v) is 10.1. The fourth-order valence-corrected chi connectivity index (χ4v) is 3.28. The lowest BCUT2D eigenvalue weighted by atomic mass is 9.64. The van der Waals surface area contributed by atoms with Crippen LogP contribution in [0.3, 0.4) is 0 Å². The predicted octanol–water partition coefficient (Wildman–Crippen LogP) is 1.41. The maximum atomic E-state index is 5.30. The van der Waals surface area contributed by atoms with Crippen molar-refractivity contribution in [2.24, 2.45) is 5.41 Å². The summed E-state index contributed by atoms with van der Waals surface area (Å²) < 4.78 is 5.30. The molecule has 3 nitrogen and oxygen atoms in total. The molecule has 1 heterocycles. The molecule has 0 bridgehead atoms. The zero-order valence-electron chi connectivity index (χ0n) is 10.1. The van der Waals surface area contributed by atoms with Crippen LogP contribution in [0.1, 0.15) is 32.1 Å². The molecule has 90 valence electrons. The van der Waals surface area contributed by atoms with Crippen LogP contribution >= 0.6 is 0 Å². The summed E-state index contributed by atoms with van der Waals surface area (Å²) in [5, 5.41) is 7.05. The first-order chi connectivity index (χ1) is 7.80. The first-order valence-electron chi connectivity index (χ1n) is 6.50. The van der Waals surface area contributed by atoms with Gasteiger partial charge >= 0.3 is 0 Å². The van der Waals surface area contributed by atoms with Gasteiger partial charge in [0.25, 0.3) is 0 Å². The van der Waals surface area contributed by atoms with Crippen LogP contribution in [0, 0.1) is 5.41 Å². The first-order valence-corrected chi connectivity index (χ1v) is 6.50. The topological polar surface area (TPSA) is 33.3 Å². The third-order valence-corrected chi connectivity index (χ3v) is 4.38. The van der Waals surface area contributed by atoms with Gasteiger partial charge in [0, 0.05) is 30.2 Å². The Morgan fingerprint density at radius 3 is 2.62 bits per heavy atom. The molecule has 0 aromatic heterocycles. The summed E-state index contributed by atoms with van der Waals surface area (Å²) >= 11 is 0. The minimum Gasteiger partial charge on any atom is -0.392 e. The van der Waals surface area contributed by atoms with Crippen molar-refractivity contribution in [2.75, 3.05) is 20.3 Å². The van der Waals surface area contributed by atoms with E-state index in [0.29, 0.717) is 11.5 Å². The van der Waals surface area contributed by atoms with Gasteiger partial charge in [0.1, 0.15) is 0 Å². The molecule has 1 unspecified atom stereocenters. The van der Waals surface area contributed by atoms with E-state index in [-0.39, 0.29) is 0 Å². The van der Waals surface area contributed by atoms with Gasteiger partial charge in [-0.05, 0) is 32.1 Å². The van der Waals surface area contributed by atoms with Crippen LogP contribution in [-0.2, 0) is 4.74 Å². The summed E-state index contributed by atoms with van der Waals surface area (Å²) in [7, 11) is 2.02. The summed E-state index contributed by atoms with van der Waals surface area (Å²) in [4.78, 5) is 0. The van der Waals surface area contributed by atoms with Crippen LogP contribution < -0.4 is 10.6 Å². The molecule has 1 aliphatic heterocycles. The van der Waals surface area contributed by atoms with E-state index in [2.05, 4.69) is 16.7 Å². The monoisotopic (exact) mass is 222 g/mol. The van der Waals surface area contributed by atoms with Crippen molar-refractivity contribution in [1.82, 2.24) is 10.6 Å². The Kier molecular flexibility index (Phi) is 2.68. The van der Waals surface area contributed by atoms with Crippen LogP contribution in [0.2, 0.25) is 0 Å². The molecule has 2 fully saturated rings. The van der Waals surface area contributed by atoms with Gasteiger partial charge in [-0.3, -0.25) is 0 Å². The van der Waals surface area contributed by atoms with Crippen molar-refractivity contribution >= 4 is 0 Å². The average Bonchev–Trinajstić information content (AvgIpc) is 2.21. The molecule has 16 heavy (non-hydrogen) atoms. The first kappa shape index (κ1) is 10.6. The molecule has 0 amide bonds. The number of ether oxygens (including phenoxy) is 1. The van der Waals surface area contributed by atoms with Gasteiger partial charge < -0.3 is 15.4 Å². The van der Waals surface area contributed by atoms with Crippen LogP contribution in [0.15, 0.2) is 11.8 Å². The van der Waals surface area contributed by atoms with E-state index >= 15 is 0 Å². The highest BCUT2D eigenvalue weighted by molar-refractivity contribution is 5.07. The summed E-state index contributed by atoms with van der Waals surface area (Å²) in [6.07, 6.45) is 8.71. The minimum atomic E-state index is 0.596. The van der Waals surface area contributed by atoms with E-state index in [1.807, 2.05) is 7.05 Å². The zero-order chi connectivity index (χ0) is 11.0. The maximum absolute atomic E-state index is 5.30. The second-order valence-electron chi connectivity index (χ2n) is 5.72. The largest absolute Gasteiger partial charge is 0.392 e. The van der Waals surface area contributed by atoms with Gasteiger partial charge in [0.05, 0.1) is 13.2 Å². The van der Waals surface area contributed by atoms with Gasteiger partial charge in [-0.1, -0.05) is 6.08 Å². The Morgan fingerprint density at radius 2 is 2.12 bits per heavy atom. The molecule has 0 aromatic rings. The summed E-state index contributed by atoms with van der Waals surface area (Å²) in [6, 6.07) is 1.47. The fraction of sp³-hybridized carbons (Fsp3) is 0.846. The maximum Gasteiger partial charge on any atom is 0.0545 e. The lowest BCUT2D eigenvalue weighted by molar-refractivity contribution is -0.168. The Labute approximate surface area is 97.6 Å². The van der Waals surface area contributed by atoms with Crippen LogP contribution in [0.5, 0.6) is 0 Å². The molecule has 1 saturated heterocycles. The van der Waals surface area contributed by atoms with Gasteiger partial charge in [-0.25, -0.2) is 0 Å². The SMILES string of the molecule is CNC1=CCC(NC2CC3(COC3)C2)CC1. The molecule has 1 saturated carbocycles. The van der Waals surface area contributed by atoms with Crippen molar-refractivity contribution < 1.29 is 4.74 Å². The smallest absolute Gasteiger partial charge is 0.0545 e. The quantitative estimate of drug-likeness (QED) is 0.757. The van der Waals surface area contributed by atoms with Crippen molar-refractivity contribution in [3.05, 3.63) is 11.8 Å². The molecule has 3 heteroatoms. The van der Waals surface area contributed by atoms with Gasteiger partial charge in [0.15, 0.2) is 0 Å². The summed E-state index contributed by atoms with van der Waals surface area (Å²) in [5.41, 5.74) is 2.01. The average molecular weight is 222 g/mol. The molecule has 2 N–H and O–H groups in total. The molecule has 2 aliphatic carbocycles. The van der Waals surface area contributed by atoms with Crippen molar-refractivity contribution in [1.29, 1.82) is 0 Å². The highest BCUT2D eigenvalue weighted by atomic mass is 16.5. The molecular weight excluding hydrogens is 200 g/mol. The molecule has 3 rings (SSSR count). The lowest BCUT2D eigenvalue weighted by Gasteiger charge is -2.54. The normalized spacial score (nSPS) is 32.8. The van der Waals surface area contributed by atoms with Gasteiger partial charge in [-0.2, -0.15) is 0 Å². The summed E-state index contributed by atoms with van der Waals surface area (Å²) in [5.74, 6) is 0. The molecule has 3 aliphatic rings.